The van der Waals surface area contributed by atoms with Crippen LogP contribution in [0.15, 0.2) is 25.3 Å². The highest BCUT2D eigenvalue weighted by atomic mass is 16.1. The molecule has 0 aromatic carbocycles. The van der Waals surface area contributed by atoms with Gasteiger partial charge in [-0.1, -0.05) is 12.2 Å². The quantitative estimate of drug-likeness (QED) is 0.381. The molecule has 0 aliphatic heterocycles. The Kier molecular flexibility index (Phi) is 9.93. The molecule has 2 unspecified atom stereocenters. The average molecular weight is 322 g/mol. The van der Waals surface area contributed by atoms with E-state index in [9.17, 15) is 9.59 Å². The second kappa shape index (κ2) is 10.5. The van der Waals surface area contributed by atoms with Gasteiger partial charge in [0.1, 0.15) is 5.78 Å². The Labute approximate surface area is 141 Å². The molecular formula is C19H34N2O2. The van der Waals surface area contributed by atoms with E-state index >= 15 is 0 Å². The molecule has 0 saturated carbocycles. The minimum Gasteiger partial charge on any atom is -0.308 e. The summed E-state index contributed by atoms with van der Waals surface area (Å²) in [6.07, 6.45) is 8.73. The fraction of sp³-hybridized carbons (Fsp3) is 0.684. The summed E-state index contributed by atoms with van der Waals surface area (Å²) >= 11 is 0. The van der Waals surface area contributed by atoms with Crippen molar-refractivity contribution in [3.05, 3.63) is 25.3 Å². The van der Waals surface area contributed by atoms with Gasteiger partial charge in [-0.25, -0.2) is 0 Å². The van der Waals surface area contributed by atoms with Crippen LogP contribution in [0.25, 0.3) is 0 Å². The number of allylic oxidation sites excluding steroid dienone is 2. The molecule has 0 fully saturated rings. The number of likely N-dealkylation sites (N-methyl/N-ethyl adjacent to an activating group) is 1. The van der Waals surface area contributed by atoms with E-state index in [1.54, 1.807) is 14.0 Å². The van der Waals surface area contributed by atoms with Crippen LogP contribution in [0, 0.1) is 0 Å². The van der Waals surface area contributed by atoms with Gasteiger partial charge in [-0.05, 0) is 66.3 Å². The molecule has 0 aromatic heterocycles. The minimum absolute atomic E-state index is 0.0622. The first-order valence-electron chi connectivity index (χ1n) is 8.46. The molecular weight excluding hydrogens is 288 g/mol. The maximum Gasteiger partial charge on any atom is 0.166 e. The standard InChI is InChI=1S/C19H34N2O2/c1-7-9-11-13-18(4,16(3)22)21-15-17(23)19(5,20-6)14-12-10-8-2/h7-8,20-21H,1-2,9-15H2,3-6H3. The number of hydrogen-bond donors (Lipinski definition) is 2. The summed E-state index contributed by atoms with van der Waals surface area (Å²) in [7, 11) is 1.81. The van der Waals surface area contributed by atoms with Crippen molar-refractivity contribution in [2.45, 2.75) is 70.4 Å². The van der Waals surface area contributed by atoms with E-state index in [4.69, 9.17) is 0 Å². The minimum atomic E-state index is -0.658. The van der Waals surface area contributed by atoms with Crippen LogP contribution in [0.1, 0.15) is 59.3 Å². The smallest absolute Gasteiger partial charge is 0.166 e. The van der Waals surface area contributed by atoms with E-state index in [1.807, 2.05) is 26.0 Å². The van der Waals surface area contributed by atoms with Gasteiger partial charge < -0.3 is 5.32 Å². The maximum atomic E-state index is 12.6. The molecule has 2 N–H and O–H groups in total. The second-order valence-corrected chi connectivity index (χ2v) is 6.61. The third kappa shape index (κ3) is 7.23. The molecule has 4 nitrogen and oxygen atoms in total. The van der Waals surface area contributed by atoms with Gasteiger partial charge in [-0.3, -0.25) is 14.9 Å². The lowest BCUT2D eigenvalue weighted by Gasteiger charge is -2.32. The zero-order valence-corrected chi connectivity index (χ0v) is 15.3. The highest BCUT2D eigenvalue weighted by Crippen LogP contribution is 2.18. The Bertz CT molecular complexity index is 420. The fourth-order valence-electron chi connectivity index (χ4n) is 2.46. The molecule has 23 heavy (non-hydrogen) atoms. The van der Waals surface area contributed by atoms with Gasteiger partial charge in [0, 0.05) is 0 Å². The third-order valence-electron chi connectivity index (χ3n) is 4.75. The summed E-state index contributed by atoms with van der Waals surface area (Å²) in [6.45, 7) is 13.0. The average Bonchev–Trinajstić information content (AvgIpc) is 2.52. The van der Waals surface area contributed by atoms with Gasteiger partial charge in [-0.15, -0.1) is 13.2 Å². The zero-order chi connectivity index (χ0) is 17.9. The zero-order valence-electron chi connectivity index (χ0n) is 15.3. The number of unbranched alkanes of at least 4 members (excludes halogenated alkanes) is 2. The van der Waals surface area contributed by atoms with Crippen LogP contribution in [-0.4, -0.2) is 36.2 Å². The summed E-state index contributed by atoms with van der Waals surface area (Å²) in [5, 5.41) is 6.32. The highest BCUT2D eigenvalue weighted by molar-refractivity contribution is 5.91. The molecule has 0 aliphatic carbocycles. The van der Waals surface area contributed by atoms with Crippen LogP contribution < -0.4 is 10.6 Å². The van der Waals surface area contributed by atoms with Gasteiger partial charge in [0.2, 0.25) is 0 Å². The van der Waals surface area contributed by atoms with E-state index in [0.29, 0.717) is 6.42 Å². The maximum absolute atomic E-state index is 12.6. The van der Waals surface area contributed by atoms with Crippen molar-refractivity contribution in [2.75, 3.05) is 13.6 Å². The number of rotatable bonds is 14. The molecule has 132 valence electrons. The molecule has 0 radical (unpaired) electrons. The summed E-state index contributed by atoms with van der Waals surface area (Å²) in [6, 6.07) is 0. The number of nitrogens with one attached hydrogen (secondary N) is 2. The predicted octanol–water partition coefficient (Wildman–Crippen LogP) is 3.18. The first-order chi connectivity index (χ1) is 10.8. The molecule has 0 aromatic rings. The molecule has 0 heterocycles. The molecule has 0 aliphatic rings. The Balaban J connectivity index is 4.73. The van der Waals surface area contributed by atoms with Crippen molar-refractivity contribution in [1.29, 1.82) is 0 Å². The van der Waals surface area contributed by atoms with E-state index in [-0.39, 0.29) is 18.1 Å². The lowest BCUT2D eigenvalue weighted by Crippen LogP contribution is -2.56. The lowest BCUT2D eigenvalue weighted by molar-refractivity contribution is -0.126. The van der Waals surface area contributed by atoms with Crippen LogP contribution in [0.3, 0.4) is 0 Å². The summed E-state index contributed by atoms with van der Waals surface area (Å²) in [5.41, 5.74) is -1.23. The van der Waals surface area contributed by atoms with Gasteiger partial charge in [0.25, 0.3) is 0 Å². The van der Waals surface area contributed by atoms with Crippen LogP contribution in [0.2, 0.25) is 0 Å². The normalized spacial score (nSPS) is 16.2. The number of Topliss-reactive ketones (excluding diaryl/α,β-unsaturated/α-hetero) is 2. The molecule has 0 amide bonds. The number of carbonyl (C=O) groups excluding carboxylic acids is 2. The molecule has 0 saturated heterocycles. The largest absolute Gasteiger partial charge is 0.308 e. The van der Waals surface area contributed by atoms with Crippen LogP contribution in [0.4, 0.5) is 0 Å². The molecule has 0 bridgehead atoms. The SMILES string of the molecule is C=CCCCC(C)(NCC(=O)C(C)(CCCC=C)NC)C(C)=O. The Hall–Kier alpha value is -1.26. The number of carbonyl (C=O) groups is 2. The van der Waals surface area contributed by atoms with Gasteiger partial charge in [0.05, 0.1) is 17.6 Å². The Morgan fingerprint density at radius 3 is 1.87 bits per heavy atom. The van der Waals surface area contributed by atoms with Crippen molar-refractivity contribution in [3.8, 4) is 0 Å². The lowest BCUT2D eigenvalue weighted by atomic mass is 9.87. The third-order valence-corrected chi connectivity index (χ3v) is 4.75. The second-order valence-electron chi connectivity index (χ2n) is 6.61. The van der Waals surface area contributed by atoms with Gasteiger partial charge in [0.15, 0.2) is 5.78 Å². The molecule has 2 atom stereocenters. The van der Waals surface area contributed by atoms with Crippen LogP contribution in [-0.2, 0) is 9.59 Å². The van der Waals surface area contributed by atoms with Crippen LogP contribution >= 0.6 is 0 Å². The molecule has 0 rings (SSSR count). The van der Waals surface area contributed by atoms with Crippen molar-refractivity contribution < 1.29 is 9.59 Å². The van der Waals surface area contributed by atoms with E-state index < -0.39 is 11.1 Å². The van der Waals surface area contributed by atoms with E-state index in [0.717, 1.165) is 32.1 Å². The van der Waals surface area contributed by atoms with Gasteiger partial charge in [-0.2, -0.15) is 0 Å². The fourth-order valence-corrected chi connectivity index (χ4v) is 2.46. The first kappa shape index (κ1) is 21.7. The topological polar surface area (TPSA) is 58.2 Å². The summed E-state index contributed by atoms with van der Waals surface area (Å²) < 4.78 is 0. The Morgan fingerprint density at radius 1 is 1.00 bits per heavy atom. The van der Waals surface area contributed by atoms with Crippen molar-refractivity contribution >= 4 is 11.6 Å². The number of ketones is 2. The van der Waals surface area contributed by atoms with E-state index in [2.05, 4.69) is 23.8 Å². The first-order valence-corrected chi connectivity index (χ1v) is 8.46. The number of hydrogen-bond acceptors (Lipinski definition) is 4. The van der Waals surface area contributed by atoms with Crippen molar-refractivity contribution in [2.24, 2.45) is 0 Å². The Morgan fingerprint density at radius 2 is 1.48 bits per heavy atom. The monoisotopic (exact) mass is 322 g/mol. The molecule has 0 spiro atoms. The summed E-state index contributed by atoms with van der Waals surface area (Å²) in [4.78, 5) is 24.6. The van der Waals surface area contributed by atoms with Crippen molar-refractivity contribution in [3.63, 3.8) is 0 Å². The molecule has 4 heteroatoms. The predicted molar refractivity (Wildman–Crippen MR) is 97.7 cm³/mol. The summed E-state index contributed by atoms with van der Waals surface area (Å²) in [5.74, 6) is 0.146. The van der Waals surface area contributed by atoms with Gasteiger partial charge >= 0.3 is 0 Å². The van der Waals surface area contributed by atoms with E-state index in [1.165, 1.54) is 0 Å². The highest BCUT2D eigenvalue weighted by Gasteiger charge is 2.34. The van der Waals surface area contributed by atoms with Crippen molar-refractivity contribution in [1.82, 2.24) is 10.6 Å². The van der Waals surface area contributed by atoms with Crippen LogP contribution in [0.5, 0.6) is 0 Å².